The van der Waals surface area contributed by atoms with Gasteiger partial charge in [-0.1, -0.05) is 13.8 Å². The van der Waals surface area contributed by atoms with E-state index in [1.54, 1.807) is 0 Å². The molecular formula is C12H19BrN4O. The van der Waals surface area contributed by atoms with Gasteiger partial charge in [-0.2, -0.15) is 4.98 Å². The fourth-order valence-corrected chi connectivity index (χ4v) is 2.74. The van der Waals surface area contributed by atoms with Crippen LogP contribution in [0, 0.1) is 0 Å². The topological polar surface area (TPSA) is 50.3 Å². The van der Waals surface area contributed by atoms with Gasteiger partial charge in [-0.25, -0.2) is 4.98 Å². The third kappa shape index (κ3) is 2.75. The molecule has 0 radical (unpaired) electrons. The zero-order valence-electron chi connectivity index (χ0n) is 11.0. The molecule has 1 aromatic heterocycles. The largest absolute Gasteiger partial charge is 0.378 e. The fourth-order valence-electron chi connectivity index (χ4n) is 1.91. The van der Waals surface area contributed by atoms with Crippen molar-refractivity contribution in [1.82, 2.24) is 9.97 Å². The van der Waals surface area contributed by atoms with E-state index in [-0.39, 0.29) is 0 Å². The molecule has 0 saturated carbocycles. The minimum absolute atomic E-state index is 0.356. The predicted molar refractivity (Wildman–Crippen MR) is 76.4 cm³/mol. The van der Waals surface area contributed by atoms with E-state index in [1.165, 1.54) is 0 Å². The monoisotopic (exact) mass is 314 g/mol. The first kappa shape index (κ1) is 13.5. The van der Waals surface area contributed by atoms with Crippen molar-refractivity contribution in [2.24, 2.45) is 0 Å². The molecule has 5 nitrogen and oxygen atoms in total. The van der Waals surface area contributed by atoms with Gasteiger partial charge < -0.3 is 15.0 Å². The van der Waals surface area contributed by atoms with E-state index < -0.39 is 0 Å². The van der Waals surface area contributed by atoms with E-state index in [2.05, 4.69) is 50.0 Å². The zero-order valence-corrected chi connectivity index (χ0v) is 12.6. The molecule has 1 saturated heterocycles. The third-order valence-corrected chi connectivity index (χ3v) is 3.72. The van der Waals surface area contributed by atoms with Crippen molar-refractivity contribution in [3.8, 4) is 0 Å². The molecule has 18 heavy (non-hydrogen) atoms. The maximum Gasteiger partial charge on any atom is 0.227 e. The Hall–Kier alpha value is -0.880. The molecule has 6 heteroatoms. The Morgan fingerprint density at radius 2 is 1.94 bits per heavy atom. The number of morpholine rings is 1. The van der Waals surface area contributed by atoms with Crippen LogP contribution in [0.5, 0.6) is 0 Å². The second kappa shape index (κ2) is 5.84. The van der Waals surface area contributed by atoms with Crippen LogP contribution < -0.4 is 10.2 Å². The maximum atomic E-state index is 5.36. The van der Waals surface area contributed by atoms with Crippen molar-refractivity contribution in [3.05, 3.63) is 10.2 Å². The average molecular weight is 315 g/mol. The van der Waals surface area contributed by atoms with Crippen molar-refractivity contribution < 1.29 is 4.74 Å². The highest BCUT2D eigenvalue weighted by Crippen LogP contribution is 2.30. The lowest BCUT2D eigenvalue weighted by molar-refractivity contribution is 0.122. The Kier molecular flexibility index (Phi) is 4.40. The van der Waals surface area contributed by atoms with Crippen LogP contribution in [-0.2, 0) is 4.74 Å². The van der Waals surface area contributed by atoms with Gasteiger partial charge in [0.05, 0.1) is 23.4 Å². The molecule has 2 rings (SSSR count). The molecule has 0 spiro atoms. The summed E-state index contributed by atoms with van der Waals surface area (Å²) in [4.78, 5) is 11.4. The van der Waals surface area contributed by atoms with Gasteiger partial charge in [-0.3, -0.25) is 0 Å². The Labute approximate surface area is 116 Å². The van der Waals surface area contributed by atoms with E-state index in [1.807, 2.05) is 7.05 Å². The Balaban J connectivity index is 2.37. The highest BCUT2D eigenvalue weighted by atomic mass is 79.9. The summed E-state index contributed by atoms with van der Waals surface area (Å²) >= 11 is 3.57. The van der Waals surface area contributed by atoms with Crippen LogP contribution in [0.1, 0.15) is 25.5 Å². The predicted octanol–water partition coefficient (Wildman–Crippen LogP) is 2.24. The molecule has 1 aliphatic rings. The summed E-state index contributed by atoms with van der Waals surface area (Å²) in [7, 11) is 1.88. The van der Waals surface area contributed by atoms with Crippen LogP contribution in [0.15, 0.2) is 4.47 Å². The van der Waals surface area contributed by atoms with Crippen molar-refractivity contribution in [2.75, 3.05) is 43.6 Å². The second-order valence-corrected chi connectivity index (χ2v) is 5.37. The van der Waals surface area contributed by atoms with Crippen molar-refractivity contribution in [1.29, 1.82) is 0 Å². The van der Waals surface area contributed by atoms with Crippen LogP contribution >= 0.6 is 15.9 Å². The maximum absolute atomic E-state index is 5.36. The number of aromatic nitrogens is 2. The molecule has 1 fully saturated rings. The zero-order chi connectivity index (χ0) is 13.1. The van der Waals surface area contributed by atoms with Gasteiger partial charge in [0.1, 0.15) is 5.82 Å². The lowest BCUT2D eigenvalue weighted by Gasteiger charge is -2.28. The average Bonchev–Trinajstić information content (AvgIpc) is 2.39. The normalized spacial score (nSPS) is 16.2. The highest BCUT2D eigenvalue weighted by molar-refractivity contribution is 9.10. The smallest absolute Gasteiger partial charge is 0.227 e. The van der Waals surface area contributed by atoms with Gasteiger partial charge in [0.2, 0.25) is 5.95 Å². The van der Waals surface area contributed by atoms with Gasteiger partial charge in [0, 0.05) is 20.1 Å². The number of ether oxygens (including phenoxy) is 1. The summed E-state index contributed by atoms with van der Waals surface area (Å²) in [5.41, 5.74) is 1.04. The standard InChI is InChI=1S/C12H19BrN4O/c1-8(2)10-9(13)11(14-3)16-12(15-10)17-4-6-18-7-5-17/h8H,4-7H2,1-3H3,(H,14,15,16). The molecule has 0 aliphatic carbocycles. The number of nitrogens with zero attached hydrogens (tertiary/aromatic N) is 3. The van der Waals surface area contributed by atoms with Gasteiger partial charge in [-0.05, 0) is 21.8 Å². The second-order valence-electron chi connectivity index (χ2n) is 4.58. The van der Waals surface area contributed by atoms with E-state index in [4.69, 9.17) is 4.74 Å². The number of hydrogen-bond donors (Lipinski definition) is 1. The van der Waals surface area contributed by atoms with Crippen LogP contribution in [0.2, 0.25) is 0 Å². The van der Waals surface area contributed by atoms with Crippen molar-refractivity contribution >= 4 is 27.7 Å². The first-order chi connectivity index (χ1) is 8.63. The van der Waals surface area contributed by atoms with Gasteiger partial charge in [-0.15, -0.1) is 0 Å². The Morgan fingerprint density at radius 1 is 1.28 bits per heavy atom. The number of halogens is 1. The molecule has 0 amide bonds. The minimum Gasteiger partial charge on any atom is -0.378 e. The van der Waals surface area contributed by atoms with Gasteiger partial charge in [0.25, 0.3) is 0 Å². The molecule has 0 unspecified atom stereocenters. The first-order valence-corrected chi connectivity index (χ1v) is 7.00. The summed E-state index contributed by atoms with van der Waals surface area (Å²) in [5.74, 6) is 1.99. The molecule has 1 aliphatic heterocycles. The molecule has 0 bridgehead atoms. The molecule has 2 heterocycles. The summed E-state index contributed by atoms with van der Waals surface area (Å²) in [6, 6.07) is 0. The highest BCUT2D eigenvalue weighted by Gasteiger charge is 2.19. The van der Waals surface area contributed by atoms with Crippen LogP contribution in [-0.4, -0.2) is 43.3 Å². The number of anilines is 2. The minimum atomic E-state index is 0.356. The summed E-state index contributed by atoms with van der Waals surface area (Å²) < 4.78 is 6.31. The van der Waals surface area contributed by atoms with Crippen LogP contribution in [0.3, 0.4) is 0 Å². The molecule has 100 valence electrons. The van der Waals surface area contributed by atoms with Gasteiger partial charge >= 0.3 is 0 Å². The van der Waals surface area contributed by atoms with Gasteiger partial charge in [0.15, 0.2) is 0 Å². The molecule has 0 aromatic carbocycles. The molecular weight excluding hydrogens is 296 g/mol. The number of rotatable bonds is 3. The molecule has 1 aromatic rings. The first-order valence-electron chi connectivity index (χ1n) is 6.21. The van der Waals surface area contributed by atoms with E-state index in [0.29, 0.717) is 5.92 Å². The molecule has 1 N–H and O–H groups in total. The summed E-state index contributed by atoms with van der Waals surface area (Å²) in [6.07, 6.45) is 0. The SMILES string of the molecule is CNc1nc(N2CCOCC2)nc(C(C)C)c1Br. The fraction of sp³-hybridized carbons (Fsp3) is 0.667. The number of nitrogens with one attached hydrogen (secondary N) is 1. The molecule has 0 atom stereocenters. The van der Waals surface area contributed by atoms with Crippen molar-refractivity contribution in [3.63, 3.8) is 0 Å². The quantitative estimate of drug-likeness (QED) is 0.927. The van der Waals surface area contributed by atoms with E-state index in [0.717, 1.165) is 48.2 Å². The lowest BCUT2D eigenvalue weighted by Crippen LogP contribution is -2.37. The Morgan fingerprint density at radius 3 is 2.50 bits per heavy atom. The lowest BCUT2D eigenvalue weighted by atomic mass is 10.1. The van der Waals surface area contributed by atoms with Crippen molar-refractivity contribution in [2.45, 2.75) is 19.8 Å². The number of hydrogen-bond acceptors (Lipinski definition) is 5. The van der Waals surface area contributed by atoms with Crippen LogP contribution in [0.25, 0.3) is 0 Å². The van der Waals surface area contributed by atoms with Crippen LogP contribution in [0.4, 0.5) is 11.8 Å². The summed E-state index contributed by atoms with van der Waals surface area (Å²) in [5, 5.41) is 3.11. The Bertz CT molecular complexity index is 419. The third-order valence-electron chi connectivity index (χ3n) is 2.94. The van der Waals surface area contributed by atoms with E-state index >= 15 is 0 Å². The summed E-state index contributed by atoms with van der Waals surface area (Å²) in [6.45, 7) is 7.45. The van der Waals surface area contributed by atoms with E-state index in [9.17, 15) is 0 Å².